The number of hydrogen-bond acceptors (Lipinski definition) is 4. The molecule has 0 amide bonds. The van der Waals surface area contributed by atoms with E-state index >= 15 is 0 Å². The molecule has 0 fully saturated rings. The number of fused-ring (bicyclic) bond motifs is 1. The van der Waals surface area contributed by atoms with Crippen molar-refractivity contribution in [3.63, 3.8) is 0 Å². The van der Waals surface area contributed by atoms with E-state index in [0.29, 0.717) is 29.6 Å². The Hall–Kier alpha value is -3.62. The Balaban J connectivity index is 1.73. The summed E-state index contributed by atoms with van der Waals surface area (Å²) in [5.41, 5.74) is 7.48. The number of nitrogens with zero attached hydrogens (tertiary/aromatic N) is 2. The van der Waals surface area contributed by atoms with Gasteiger partial charge in [-0.2, -0.15) is 0 Å². The molecule has 0 aliphatic carbocycles. The summed E-state index contributed by atoms with van der Waals surface area (Å²) >= 11 is 18.0. The Morgan fingerprint density at radius 1 is 0.604 bits per heavy atom. The maximum absolute atomic E-state index is 14.1. The minimum absolute atomic E-state index is 0.399. The molecule has 1 aliphatic heterocycles. The normalized spacial score (nSPS) is 16.0. The van der Waals surface area contributed by atoms with Crippen LogP contribution in [0.15, 0.2) is 135 Å². The molecule has 0 radical (unpaired) electrons. The monoisotopic (exact) mass is 844 g/mol. The minimum Gasteiger partial charge on any atom is -0.442 e. The lowest BCUT2D eigenvalue weighted by atomic mass is 9.83. The molecule has 0 N–H and O–H groups in total. The first kappa shape index (κ1) is 34.3. The minimum atomic E-state index is -1.38. The second-order valence-electron chi connectivity index (χ2n) is 11.9. The van der Waals surface area contributed by atoms with Gasteiger partial charge in [-0.05, 0) is 118 Å². The summed E-state index contributed by atoms with van der Waals surface area (Å²) in [7, 11) is 8.08. The van der Waals surface area contributed by atoms with Crippen molar-refractivity contribution in [1.29, 1.82) is 0 Å². The van der Waals surface area contributed by atoms with Crippen LogP contribution >= 0.6 is 59.4 Å². The molecule has 0 atom stereocenters. The van der Waals surface area contributed by atoms with Crippen LogP contribution in [0.3, 0.4) is 0 Å². The standard InChI is InChI=1S/C40H32Br3ClN2O2/c1-45(2)29-19-15-27(16-20-29)31(25-11-7-5-8-12-25)23-40(34-33(39(47)48-40)35(41)37(43)38(44)36(34)42)24-32(26-13-9-6-10-14-26)28-17-21-30(22-18-28)46(3)4/h5-24H,1-4H3. The summed E-state index contributed by atoms with van der Waals surface area (Å²) in [6.07, 6.45) is 4.10. The molecule has 1 aliphatic rings. The summed E-state index contributed by atoms with van der Waals surface area (Å²) in [6.45, 7) is 0. The summed E-state index contributed by atoms with van der Waals surface area (Å²) in [4.78, 5) is 18.2. The van der Waals surface area contributed by atoms with Gasteiger partial charge in [-0.15, -0.1) is 0 Å². The van der Waals surface area contributed by atoms with Crippen LogP contribution in [-0.4, -0.2) is 34.2 Å². The molecule has 242 valence electrons. The van der Waals surface area contributed by atoms with E-state index in [9.17, 15) is 4.79 Å². The van der Waals surface area contributed by atoms with Gasteiger partial charge in [-0.3, -0.25) is 0 Å². The summed E-state index contributed by atoms with van der Waals surface area (Å²) in [6, 6.07) is 37.0. The van der Waals surface area contributed by atoms with E-state index in [-0.39, 0.29) is 0 Å². The maximum Gasteiger partial charge on any atom is 0.341 e. The van der Waals surface area contributed by atoms with Crippen LogP contribution in [-0.2, 0) is 10.3 Å². The van der Waals surface area contributed by atoms with Crippen LogP contribution < -0.4 is 9.80 Å². The Labute approximate surface area is 312 Å². The fourth-order valence-electron chi connectivity index (χ4n) is 5.90. The quantitative estimate of drug-likeness (QED) is 0.0885. The first-order valence-corrected chi connectivity index (χ1v) is 18.0. The Kier molecular flexibility index (Phi) is 10.0. The molecule has 0 spiro atoms. The zero-order valence-corrected chi connectivity index (χ0v) is 32.3. The second-order valence-corrected chi connectivity index (χ2v) is 14.7. The highest BCUT2D eigenvalue weighted by atomic mass is 79.9. The number of hydrogen-bond donors (Lipinski definition) is 0. The molecule has 1 heterocycles. The van der Waals surface area contributed by atoms with Crippen LogP contribution in [0.5, 0.6) is 0 Å². The van der Waals surface area contributed by atoms with E-state index in [2.05, 4.69) is 143 Å². The number of halogens is 4. The van der Waals surface area contributed by atoms with Crippen molar-refractivity contribution in [3.8, 4) is 0 Å². The average Bonchev–Trinajstić information content (AvgIpc) is 3.39. The molecule has 6 rings (SSSR count). The van der Waals surface area contributed by atoms with Gasteiger partial charge in [-0.25, -0.2) is 4.79 Å². The van der Waals surface area contributed by atoms with Crippen molar-refractivity contribution in [2.24, 2.45) is 0 Å². The number of rotatable bonds is 8. The van der Waals surface area contributed by atoms with E-state index in [1.807, 2.05) is 64.6 Å². The first-order valence-electron chi connectivity index (χ1n) is 15.2. The maximum atomic E-state index is 14.1. The van der Waals surface area contributed by atoms with Crippen LogP contribution in [0.1, 0.15) is 38.2 Å². The molecular formula is C40H32Br3ClN2O2. The lowest BCUT2D eigenvalue weighted by Gasteiger charge is -2.27. The van der Waals surface area contributed by atoms with E-state index in [1.54, 1.807) is 0 Å². The number of carbonyl (C=O) groups excluding carboxylic acids is 1. The number of anilines is 2. The van der Waals surface area contributed by atoms with Gasteiger partial charge in [0.2, 0.25) is 0 Å². The number of benzene rings is 5. The fraction of sp³-hybridized carbons (Fsp3) is 0.125. The smallest absolute Gasteiger partial charge is 0.341 e. The van der Waals surface area contributed by atoms with Crippen molar-refractivity contribution >= 4 is 87.9 Å². The van der Waals surface area contributed by atoms with E-state index < -0.39 is 11.6 Å². The molecule has 5 aromatic rings. The third-order valence-electron chi connectivity index (χ3n) is 8.40. The molecule has 0 saturated heterocycles. The van der Waals surface area contributed by atoms with Crippen molar-refractivity contribution in [1.82, 2.24) is 0 Å². The van der Waals surface area contributed by atoms with Crippen LogP contribution in [0.25, 0.3) is 11.1 Å². The van der Waals surface area contributed by atoms with Gasteiger partial charge < -0.3 is 14.5 Å². The predicted molar refractivity (Wildman–Crippen MR) is 210 cm³/mol. The SMILES string of the molecule is CN(C)c1ccc(C(=CC2(C=C(c3ccccc3)c3ccc(N(C)C)cc3)OC(=O)c3c(Br)c(Br)c(Cl)c(Br)c32)c2ccccc2)cc1. The molecule has 5 aromatic carbocycles. The zero-order valence-electron chi connectivity index (χ0n) is 26.8. The largest absolute Gasteiger partial charge is 0.442 e. The average molecular weight is 848 g/mol. The highest BCUT2D eigenvalue weighted by Crippen LogP contribution is 2.53. The zero-order chi connectivity index (χ0) is 34.2. The lowest BCUT2D eigenvalue weighted by molar-refractivity contribution is 0.0298. The number of esters is 1. The summed E-state index contributed by atoms with van der Waals surface area (Å²) in [5, 5.41) is 0.429. The van der Waals surface area contributed by atoms with Gasteiger partial charge in [-0.1, -0.05) is 96.5 Å². The molecule has 4 nitrogen and oxygen atoms in total. The number of carbonyl (C=O) groups is 1. The van der Waals surface area contributed by atoms with E-state index in [0.717, 1.165) is 44.8 Å². The molecule has 0 unspecified atom stereocenters. The van der Waals surface area contributed by atoms with Gasteiger partial charge in [0.25, 0.3) is 0 Å². The van der Waals surface area contributed by atoms with E-state index in [1.165, 1.54) is 0 Å². The molecule has 0 aromatic heterocycles. The molecule has 8 heteroatoms. The number of ether oxygens (including phenoxy) is 1. The van der Waals surface area contributed by atoms with Crippen LogP contribution in [0.2, 0.25) is 5.02 Å². The lowest BCUT2D eigenvalue weighted by Crippen LogP contribution is -2.23. The topological polar surface area (TPSA) is 32.8 Å². The Morgan fingerprint density at radius 2 is 1.00 bits per heavy atom. The summed E-state index contributed by atoms with van der Waals surface area (Å²) < 4.78 is 8.29. The first-order chi connectivity index (χ1) is 23.0. The molecule has 48 heavy (non-hydrogen) atoms. The van der Waals surface area contributed by atoms with Crippen LogP contribution in [0.4, 0.5) is 11.4 Å². The molecule has 0 saturated carbocycles. The van der Waals surface area contributed by atoms with Crippen molar-refractivity contribution in [2.75, 3.05) is 38.0 Å². The second kappa shape index (κ2) is 14.1. The summed E-state index contributed by atoms with van der Waals surface area (Å²) in [5.74, 6) is -0.465. The van der Waals surface area contributed by atoms with Gasteiger partial charge in [0.15, 0.2) is 5.60 Å². The van der Waals surface area contributed by atoms with Gasteiger partial charge >= 0.3 is 5.97 Å². The van der Waals surface area contributed by atoms with Crippen molar-refractivity contribution < 1.29 is 9.53 Å². The van der Waals surface area contributed by atoms with Gasteiger partial charge in [0, 0.05) is 54.1 Å². The fourth-order valence-corrected chi connectivity index (χ4v) is 8.13. The van der Waals surface area contributed by atoms with Crippen molar-refractivity contribution in [3.05, 3.63) is 173 Å². The van der Waals surface area contributed by atoms with Gasteiger partial charge in [0.05, 0.1) is 15.1 Å². The predicted octanol–water partition coefficient (Wildman–Crippen LogP) is 11.4. The highest BCUT2D eigenvalue weighted by Gasteiger charge is 2.48. The third-order valence-corrected chi connectivity index (χ3v) is 12.1. The van der Waals surface area contributed by atoms with Gasteiger partial charge in [0.1, 0.15) is 0 Å². The van der Waals surface area contributed by atoms with E-state index in [4.69, 9.17) is 16.3 Å². The van der Waals surface area contributed by atoms with Crippen molar-refractivity contribution in [2.45, 2.75) is 5.60 Å². The molecular weight excluding hydrogens is 816 g/mol. The third kappa shape index (κ3) is 6.53. The molecule has 0 bridgehead atoms. The Bertz CT molecular complexity index is 1940. The van der Waals surface area contributed by atoms with Crippen LogP contribution in [0, 0.1) is 0 Å². The number of cyclic esters (lactones) is 1. The highest BCUT2D eigenvalue weighted by molar-refractivity contribution is 9.13. The Morgan fingerprint density at radius 3 is 1.40 bits per heavy atom.